The number of halogens is 3. The number of anilines is 1. The molecule has 1 aliphatic heterocycles. The first-order valence-electron chi connectivity index (χ1n) is 7.05. The minimum Gasteiger partial charge on any atom is -0.342 e. The molecule has 1 aromatic carbocycles. The molecule has 0 radical (unpaired) electrons. The predicted octanol–water partition coefficient (Wildman–Crippen LogP) is 1.83. The molecule has 0 spiro atoms. The van der Waals surface area contributed by atoms with Gasteiger partial charge in [0.1, 0.15) is 5.82 Å². The maximum atomic E-state index is 13.5. The molecular formula is C15H14F3N3O3. The van der Waals surface area contributed by atoms with Crippen molar-refractivity contribution in [1.29, 1.82) is 0 Å². The van der Waals surface area contributed by atoms with Crippen LogP contribution in [0.5, 0.6) is 0 Å². The Labute approximate surface area is 134 Å². The lowest BCUT2D eigenvalue weighted by Gasteiger charge is -2.35. The van der Waals surface area contributed by atoms with Crippen molar-refractivity contribution in [3.8, 4) is 0 Å². The van der Waals surface area contributed by atoms with Crippen LogP contribution in [0.1, 0.15) is 23.5 Å². The maximum absolute atomic E-state index is 13.5. The summed E-state index contributed by atoms with van der Waals surface area (Å²) in [5.41, 5.74) is -1.93. The number of nitrogens with one attached hydrogen (secondary N) is 1. The smallest absolute Gasteiger partial charge is 0.342 e. The molecule has 1 aliphatic rings. The van der Waals surface area contributed by atoms with E-state index in [-0.39, 0.29) is 5.82 Å². The van der Waals surface area contributed by atoms with Crippen LogP contribution in [0.4, 0.5) is 19.0 Å². The molecule has 1 N–H and O–H groups in total. The number of ether oxygens (including phenoxy) is 1. The Kier molecular flexibility index (Phi) is 3.75. The number of alkyl halides is 3. The standard InChI is InChI=1S/C15H14F3N3O3/c1-20-11-9(13(22)21(2)14(20)23)10(15(16,17)18)24-12(19-11)8-6-4-3-5-7-8/h3-7,10,12,19H,1-2H3. The van der Waals surface area contributed by atoms with Gasteiger partial charge in [-0.25, -0.2) is 4.79 Å². The minimum atomic E-state index is -4.80. The summed E-state index contributed by atoms with van der Waals surface area (Å²) in [6.45, 7) is 0. The molecular weight excluding hydrogens is 327 g/mol. The van der Waals surface area contributed by atoms with E-state index in [4.69, 9.17) is 4.74 Å². The van der Waals surface area contributed by atoms with Crippen LogP contribution in [0.25, 0.3) is 0 Å². The molecule has 3 rings (SSSR count). The van der Waals surface area contributed by atoms with Crippen LogP contribution >= 0.6 is 0 Å². The van der Waals surface area contributed by atoms with Crippen molar-refractivity contribution in [3.63, 3.8) is 0 Å². The van der Waals surface area contributed by atoms with E-state index in [0.717, 1.165) is 11.6 Å². The molecule has 0 bridgehead atoms. The summed E-state index contributed by atoms with van der Waals surface area (Å²) in [6, 6.07) is 8.21. The van der Waals surface area contributed by atoms with Gasteiger partial charge in [-0.1, -0.05) is 30.3 Å². The SMILES string of the molecule is Cn1c2c(c(=O)n(C)c1=O)C(C(F)(F)F)OC(c1ccccc1)N2. The van der Waals surface area contributed by atoms with Crippen molar-refractivity contribution in [2.24, 2.45) is 14.1 Å². The Morgan fingerprint density at radius 3 is 2.29 bits per heavy atom. The summed E-state index contributed by atoms with van der Waals surface area (Å²) in [5.74, 6) is -0.189. The van der Waals surface area contributed by atoms with Crippen molar-refractivity contribution in [1.82, 2.24) is 9.13 Å². The molecule has 0 saturated heterocycles. The van der Waals surface area contributed by atoms with Gasteiger partial charge in [0.15, 0.2) is 12.3 Å². The second-order valence-electron chi connectivity index (χ2n) is 5.46. The van der Waals surface area contributed by atoms with Gasteiger partial charge in [-0.05, 0) is 0 Å². The summed E-state index contributed by atoms with van der Waals surface area (Å²) in [6.07, 6.45) is -8.36. The van der Waals surface area contributed by atoms with E-state index in [0.29, 0.717) is 10.1 Å². The fourth-order valence-electron chi connectivity index (χ4n) is 2.67. The van der Waals surface area contributed by atoms with Crippen molar-refractivity contribution >= 4 is 5.82 Å². The molecule has 0 aliphatic carbocycles. The van der Waals surface area contributed by atoms with Gasteiger partial charge < -0.3 is 10.1 Å². The molecule has 2 unspecified atom stereocenters. The highest BCUT2D eigenvalue weighted by molar-refractivity contribution is 5.49. The summed E-state index contributed by atoms with van der Waals surface area (Å²) < 4.78 is 47.1. The number of fused-ring (bicyclic) bond motifs is 1. The lowest BCUT2D eigenvalue weighted by molar-refractivity contribution is -0.238. The topological polar surface area (TPSA) is 65.3 Å². The first-order valence-corrected chi connectivity index (χ1v) is 7.05. The third kappa shape index (κ3) is 2.50. The molecule has 1 aromatic heterocycles. The molecule has 0 fully saturated rings. The van der Waals surface area contributed by atoms with E-state index in [1.807, 2.05) is 0 Å². The number of hydrogen-bond acceptors (Lipinski definition) is 4. The van der Waals surface area contributed by atoms with Gasteiger partial charge in [0.25, 0.3) is 5.56 Å². The summed E-state index contributed by atoms with van der Waals surface area (Å²) in [7, 11) is 2.43. The molecule has 2 heterocycles. The summed E-state index contributed by atoms with van der Waals surface area (Å²) in [4.78, 5) is 24.2. The first-order chi connectivity index (χ1) is 11.2. The van der Waals surface area contributed by atoms with Gasteiger partial charge in [0.05, 0.1) is 5.56 Å². The Morgan fingerprint density at radius 1 is 1.08 bits per heavy atom. The van der Waals surface area contributed by atoms with Gasteiger partial charge >= 0.3 is 11.9 Å². The number of rotatable bonds is 1. The van der Waals surface area contributed by atoms with Crippen molar-refractivity contribution in [2.45, 2.75) is 18.5 Å². The van der Waals surface area contributed by atoms with Crippen LogP contribution in [0.2, 0.25) is 0 Å². The molecule has 128 valence electrons. The lowest BCUT2D eigenvalue weighted by Crippen LogP contribution is -2.46. The molecule has 24 heavy (non-hydrogen) atoms. The largest absolute Gasteiger partial charge is 0.419 e. The van der Waals surface area contributed by atoms with E-state index in [2.05, 4.69) is 5.32 Å². The molecule has 2 aromatic rings. The maximum Gasteiger partial charge on any atom is 0.419 e. The van der Waals surface area contributed by atoms with Gasteiger partial charge in [0.2, 0.25) is 0 Å². The van der Waals surface area contributed by atoms with E-state index in [9.17, 15) is 22.8 Å². The normalized spacial score (nSPS) is 20.4. The summed E-state index contributed by atoms with van der Waals surface area (Å²) >= 11 is 0. The Balaban J connectivity index is 2.24. The van der Waals surface area contributed by atoms with Crippen molar-refractivity contribution in [3.05, 3.63) is 62.3 Å². The molecule has 9 heteroatoms. The molecule has 2 atom stereocenters. The number of nitrogens with zero attached hydrogens (tertiary/aromatic N) is 2. The van der Waals surface area contributed by atoms with E-state index in [1.165, 1.54) is 7.05 Å². The third-order valence-corrected chi connectivity index (χ3v) is 3.90. The zero-order valence-corrected chi connectivity index (χ0v) is 12.8. The average Bonchev–Trinajstić information content (AvgIpc) is 2.57. The monoisotopic (exact) mass is 341 g/mol. The highest BCUT2D eigenvalue weighted by Gasteiger charge is 2.49. The first kappa shape index (κ1) is 16.3. The van der Waals surface area contributed by atoms with Crippen LogP contribution in [0.3, 0.4) is 0 Å². The highest BCUT2D eigenvalue weighted by Crippen LogP contribution is 2.44. The molecule has 6 nitrogen and oxygen atoms in total. The van der Waals surface area contributed by atoms with Gasteiger partial charge in [-0.2, -0.15) is 13.2 Å². The number of aromatic nitrogens is 2. The quantitative estimate of drug-likeness (QED) is 0.859. The van der Waals surface area contributed by atoms with Crippen LogP contribution < -0.4 is 16.6 Å². The summed E-state index contributed by atoms with van der Waals surface area (Å²) in [5, 5.41) is 2.72. The Bertz CT molecular complexity index is 887. The Hall–Kier alpha value is -2.55. The van der Waals surface area contributed by atoms with Crippen molar-refractivity contribution in [2.75, 3.05) is 5.32 Å². The zero-order valence-electron chi connectivity index (χ0n) is 12.8. The zero-order chi connectivity index (χ0) is 17.6. The minimum absolute atomic E-state index is 0.189. The highest BCUT2D eigenvalue weighted by atomic mass is 19.4. The average molecular weight is 341 g/mol. The van der Waals surface area contributed by atoms with E-state index < -0.39 is 35.3 Å². The Morgan fingerprint density at radius 2 is 1.71 bits per heavy atom. The van der Waals surface area contributed by atoms with Crippen LogP contribution in [-0.4, -0.2) is 15.3 Å². The second-order valence-corrected chi connectivity index (χ2v) is 5.46. The van der Waals surface area contributed by atoms with Gasteiger partial charge in [-0.15, -0.1) is 0 Å². The fraction of sp³-hybridized carbons (Fsp3) is 0.333. The number of benzene rings is 1. The van der Waals surface area contributed by atoms with Crippen molar-refractivity contribution < 1.29 is 17.9 Å². The van der Waals surface area contributed by atoms with Crippen LogP contribution in [0, 0.1) is 0 Å². The predicted molar refractivity (Wildman–Crippen MR) is 79.6 cm³/mol. The lowest BCUT2D eigenvalue weighted by atomic mass is 10.1. The fourth-order valence-corrected chi connectivity index (χ4v) is 2.67. The molecule has 0 saturated carbocycles. The second kappa shape index (κ2) is 5.52. The van der Waals surface area contributed by atoms with E-state index >= 15 is 0 Å². The van der Waals surface area contributed by atoms with Gasteiger partial charge in [0, 0.05) is 19.7 Å². The molecule has 0 amide bonds. The van der Waals surface area contributed by atoms with Crippen LogP contribution in [-0.2, 0) is 18.8 Å². The third-order valence-electron chi connectivity index (χ3n) is 3.90. The van der Waals surface area contributed by atoms with Gasteiger partial charge in [-0.3, -0.25) is 13.9 Å². The van der Waals surface area contributed by atoms with Crippen LogP contribution in [0.15, 0.2) is 39.9 Å². The van der Waals surface area contributed by atoms with E-state index in [1.54, 1.807) is 30.3 Å². The number of hydrogen-bond donors (Lipinski definition) is 1.